The summed E-state index contributed by atoms with van der Waals surface area (Å²) in [5, 5.41) is 0. The molecule has 0 unspecified atom stereocenters. The predicted molar refractivity (Wildman–Crippen MR) is 74.1 cm³/mol. The van der Waals surface area contributed by atoms with Crippen LogP contribution in [0.3, 0.4) is 0 Å². The van der Waals surface area contributed by atoms with Gasteiger partial charge < -0.3 is 0 Å². The number of para-hydroxylation sites is 1. The smallest absolute Gasteiger partial charge is 0.283 e. The second-order valence-electron chi connectivity index (χ2n) is 4.50. The van der Waals surface area contributed by atoms with Crippen molar-refractivity contribution in [2.24, 2.45) is 0 Å². The van der Waals surface area contributed by atoms with Crippen molar-refractivity contribution in [3.8, 4) is 0 Å². The van der Waals surface area contributed by atoms with Crippen LogP contribution in [0.1, 0.15) is 11.1 Å². The quantitative estimate of drug-likeness (QED) is 0.866. The van der Waals surface area contributed by atoms with E-state index in [9.17, 15) is 26.0 Å². The highest BCUT2D eigenvalue weighted by molar-refractivity contribution is 7.91. The first-order valence-electron chi connectivity index (χ1n) is 6.09. The third-order valence-electron chi connectivity index (χ3n) is 2.80. The van der Waals surface area contributed by atoms with Crippen LogP contribution < -0.4 is 4.72 Å². The lowest BCUT2D eigenvalue weighted by Gasteiger charge is -2.14. The van der Waals surface area contributed by atoms with E-state index >= 15 is 0 Å². The molecule has 0 heterocycles. The highest BCUT2D eigenvalue weighted by Gasteiger charge is 2.34. The number of anilines is 1. The van der Waals surface area contributed by atoms with Crippen LogP contribution in [0.2, 0.25) is 0 Å². The van der Waals surface area contributed by atoms with Crippen molar-refractivity contribution >= 4 is 15.7 Å². The van der Waals surface area contributed by atoms with E-state index < -0.39 is 39.0 Å². The van der Waals surface area contributed by atoms with Crippen molar-refractivity contribution < 1.29 is 26.0 Å². The maximum absolute atomic E-state index is 13.5. The molecule has 0 atom stereocenters. The zero-order chi connectivity index (χ0) is 16.4. The van der Waals surface area contributed by atoms with Gasteiger partial charge in [0.25, 0.3) is 0 Å². The van der Waals surface area contributed by atoms with Gasteiger partial charge in [0.05, 0.1) is 17.0 Å². The maximum atomic E-state index is 13.5. The van der Waals surface area contributed by atoms with Gasteiger partial charge in [0.2, 0.25) is 10.0 Å². The standard InChI is InChI=1S/C14H11F4NO2S/c15-12-7-3-1-5-10(12)9-22(20,21)19-13-8-4-2-6-11(13)14(16,17)18/h1-8,19H,9H2. The minimum Gasteiger partial charge on any atom is -0.283 e. The molecular weight excluding hydrogens is 322 g/mol. The molecule has 118 valence electrons. The lowest BCUT2D eigenvalue weighted by Crippen LogP contribution is -2.19. The van der Waals surface area contributed by atoms with Gasteiger partial charge >= 0.3 is 6.18 Å². The second-order valence-corrected chi connectivity index (χ2v) is 6.22. The molecule has 0 spiro atoms. The van der Waals surface area contributed by atoms with Crippen LogP contribution in [-0.2, 0) is 22.0 Å². The Morgan fingerprint density at radius 3 is 2.18 bits per heavy atom. The molecule has 8 heteroatoms. The first-order valence-corrected chi connectivity index (χ1v) is 7.74. The fourth-order valence-corrected chi connectivity index (χ4v) is 3.07. The highest BCUT2D eigenvalue weighted by Crippen LogP contribution is 2.35. The summed E-state index contributed by atoms with van der Waals surface area (Å²) in [5.41, 5.74) is -1.82. The van der Waals surface area contributed by atoms with Gasteiger partial charge in [-0.2, -0.15) is 13.2 Å². The average molecular weight is 333 g/mol. The van der Waals surface area contributed by atoms with E-state index in [1.807, 2.05) is 4.72 Å². The SMILES string of the molecule is O=S(=O)(Cc1ccccc1F)Nc1ccccc1C(F)(F)F. The molecule has 0 amide bonds. The molecule has 0 bridgehead atoms. The summed E-state index contributed by atoms with van der Waals surface area (Å²) < 4.78 is 77.7. The van der Waals surface area contributed by atoms with Crippen LogP contribution in [0.15, 0.2) is 48.5 Å². The highest BCUT2D eigenvalue weighted by atomic mass is 32.2. The van der Waals surface area contributed by atoms with E-state index in [2.05, 4.69) is 0 Å². The van der Waals surface area contributed by atoms with Crippen LogP contribution in [0.4, 0.5) is 23.2 Å². The maximum Gasteiger partial charge on any atom is 0.418 e. The predicted octanol–water partition coefficient (Wildman–Crippen LogP) is 3.79. The van der Waals surface area contributed by atoms with E-state index in [0.29, 0.717) is 0 Å². The monoisotopic (exact) mass is 333 g/mol. The van der Waals surface area contributed by atoms with Gasteiger partial charge in [-0.05, 0) is 18.2 Å². The van der Waals surface area contributed by atoms with E-state index in [1.165, 1.54) is 24.3 Å². The molecule has 0 aliphatic heterocycles. The number of benzene rings is 2. The van der Waals surface area contributed by atoms with Crippen molar-refractivity contribution in [1.82, 2.24) is 0 Å². The molecule has 1 N–H and O–H groups in total. The molecule has 0 radical (unpaired) electrons. The molecule has 0 aliphatic rings. The Morgan fingerprint density at radius 1 is 0.955 bits per heavy atom. The lowest BCUT2D eigenvalue weighted by atomic mass is 10.2. The van der Waals surface area contributed by atoms with E-state index in [-0.39, 0.29) is 5.56 Å². The van der Waals surface area contributed by atoms with Gasteiger partial charge in [0.1, 0.15) is 5.82 Å². The van der Waals surface area contributed by atoms with Crippen LogP contribution in [-0.4, -0.2) is 8.42 Å². The Labute approximate surface area is 124 Å². The van der Waals surface area contributed by atoms with E-state index in [4.69, 9.17) is 0 Å². The number of alkyl halides is 3. The topological polar surface area (TPSA) is 46.2 Å². The summed E-state index contributed by atoms with van der Waals surface area (Å²) in [6.07, 6.45) is -4.70. The number of hydrogen-bond acceptors (Lipinski definition) is 2. The van der Waals surface area contributed by atoms with Gasteiger partial charge in [0, 0.05) is 5.56 Å². The first-order chi connectivity index (χ1) is 10.2. The Balaban J connectivity index is 2.29. The Hall–Kier alpha value is -2.09. The third-order valence-corrected chi connectivity index (χ3v) is 4.02. The number of sulfonamides is 1. The van der Waals surface area contributed by atoms with Crippen molar-refractivity contribution in [2.75, 3.05) is 4.72 Å². The zero-order valence-corrected chi connectivity index (χ0v) is 11.9. The van der Waals surface area contributed by atoms with Gasteiger partial charge in [0.15, 0.2) is 0 Å². The normalized spacial score (nSPS) is 12.2. The molecule has 2 aromatic rings. The van der Waals surface area contributed by atoms with E-state index in [1.54, 1.807) is 0 Å². The molecule has 2 rings (SSSR count). The summed E-state index contributed by atoms with van der Waals surface area (Å²) in [4.78, 5) is 0. The Kier molecular flexibility index (Phi) is 4.41. The summed E-state index contributed by atoms with van der Waals surface area (Å²) in [5.74, 6) is -1.50. The van der Waals surface area contributed by atoms with Gasteiger partial charge in [-0.3, -0.25) is 4.72 Å². The van der Waals surface area contributed by atoms with Crippen LogP contribution >= 0.6 is 0 Å². The minimum atomic E-state index is -4.70. The van der Waals surface area contributed by atoms with Crippen molar-refractivity contribution in [1.29, 1.82) is 0 Å². The summed E-state index contributed by atoms with van der Waals surface area (Å²) in [6, 6.07) is 9.35. The number of nitrogens with one attached hydrogen (secondary N) is 1. The molecule has 0 aromatic heterocycles. The molecule has 0 saturated heterocycles. The molecule has 22 heavy (non-hydrogen) atoms. The van der Waals surface area contributed by atoms with Crippen LogP contribution in [0.25, 0.3) is 0 Å². The zero-order valence-electron chi connectivity index (χ0n) is 11.1. The van der Waals surface area contributed by atoms with Crippen molar-refractivity contribution in [3.63, 3.8) is 0 Å². The van der Waals surface area contributed by atoms with E-state index in [0.717, 1.165) is 24.3 Å². The van der Waals surface area contributed by atoms with Crippen molar-refractivity contribution in [3.05, 3.63) is 65.5 Å². The molecule has 0 fully saturated rings. The molecule has 2 aromatic carbocycles. The second kappa shape index (κ2) is 5.96. The lowest BCUT2D eigenvalue weighted by molar-refractivity contribution is -0.136. The largest absolute Gasteiger partial charge is 0.418 e. The Bertz CT molecular complexity index is 772. The first kappa shape index (κ1) is 16.3. The molecule has 3 nitrogen and oxygen atoms in total. The molecular formula is C14H11F4NO2S. The summed E-state index contributed by atoms with van der Waals surface area (Å²) >= 11 is 0. The minimum absolute atomic E-state index is 0.125. The number of halogens is 4. The van der Waals surface area contributed by atoms with Gasteiger partial charge in [-0.25, -0.2) is 12.8 Å². The van der Waals surface area contributed by atoms with Gasteiger partial charge in [-0.15, -0.1) is 0 Å². The summed E-state index contributed by atoms with van der Waals surface area (Å²) in [7, 11) is -4.18. The molecule has 0 aliphatic carbocycles. The molecule has 0 saturated carbocycles. The fourth-order valence-electron chi connectivity index (χ4n) is 1.84. The fraction of sp³-hybridized carbons (Fsp3) is 0.143. The Morgan fingerprint density at radius 2 is 1.55 bits per heavy atom. The third kappa shape index (κ3) is 3.97. The number of hydrogen-bond donors (Lipinski definition) is 1. The van der Waals surface area contributed by atoms with Crippen LogP contribution in [0, 0.1) is 5.82 Å². The number of rotatable bonds is 4. The summed E-state index contributed by atoms with van der Waals surface area (Å²) in [6.45, 7) is 0. The van der Waals surface area contributed by atoms with Crippen molar-refractivity contribution in [2.45, 2.75) is 11.9 Å². The van der Waals surface area contributed by atoms with Gasteiger partial charge in [-0.1, -0.05) is 30.3 Å². The average Bonchev–Trinajstić information content (AvgIpc) is 2.40. The van der Waals surface area contributed by atoms with Crippen LogP contribution in [0.5, 0.6) is 0 Å².